The molecule has 1 saturated carbocycles. The van der Waals surface area contributed by atoms with Crippen molar-refractivity contribution in [3.05, 3.63) is 95.3 Å². The molecule has 4 N–H and O–H groups in total. The first-order chi connectivity index (χ1) is 25.5. The van der Waals surface area contributed by atoms with Crippen molar-refractivity contribution in [1.82, 2.24) is 4.90 Å². The van der Waals surface area contributed by atoms with E-state index in [4.69, 9.17) is 20.3 Å². The molecular weight excluding hydrogens is 712 g/mol. The van der Waals surface area contributed by atoms with Crippen molar-refractivity contribution >= 4 is 28.1 Å². The molecule has 0 radical (unpaired) electrons. The van der Waals surface area contributed by atoms with Gasteiger partial charge in [0.25, 0.3) is 5.92 Å². The molecule has 4 aromatic rings. The van der Waals surface area contributed by atoms with Crippen LogP contribution in [0, 0.1) is 18.7 Å². The van der Waals surface area contributed by atoms with E-state index in [0.717, 1.165) is 39.1 Å². The molecule has 54 heavy (non-hydrogen) atoms. The summed E-state index contributed by atoms with van der Waals surface area (Å²) in [4.78, 5) is 13.1. The average Bonchev–Trinajstić information content (AvgIpc) is 3.95. The molecule has 4 aromatic carbocycles. The quantitative estimate of drug-likeness (QED) is 0.124. The smallest absolute Gasteiger partial charge is 0.408 e. The lowest BCUT2D eigenvalue weighted by Gasteiger charge is -2.32. The van der Waals surface area contributed by atoms with Gasteiger partial charge in [-0.25, -0.2) is 13.2 Å². The van der Waals surface area contributed by atoms with Crippen LogP contribution >= 0.6 is 0 Å². The first kappa shape index (κ1) is 40.3. The van der Waals surface area contributed by atoms with Crippen molar-refractivity contribution in [2.45, 2.75) is 70.1 Å². The molecule has 1 aliphatic carbocycles. The summed E-state index contributed by atoms with van der Waals surface area (Å²) < 4.78 is 91.4. The van der Waals surface area contributed by atoms with Crippen LogP contribution < -0.4 is 20.5 Å². The fourth-order valence-electron chi connectivity index (χ4n) is 7.03. The molecule has 1 unspecified atom stereocenters. The van der Waals surface area contributed by atoms with Crippen LogP contribution in [0.1, 0.15) is 54.4 Å². The summed E-state index contributed by atoms with van der Waals surface area (Å²) in [7, 11) is 3.21. The fourth-order valence-corrected chi connectivity index (χ4v) is 7.03. The van der Waals surface area contributed by atoms with Gasteiger partial charge >= 0.3 is 12.1 Å². The lowest BCUT2D eigenvalue weighted by atomic mass is 9.92. The third kappa shape index (κ3) is 9.60. The van der Waals surface area contributed by atoms with Crippen LogP contribution in [0.25, 0.3) is 27.6 Å². The number of halogens is 6. The zero-order chi connectivity index (χ0) is 39.4. The number of methoxy groups -OCH3 is 2. The molecule has 6 rings (SSSR count). The summed E-state index contributed by atoms with van der Waals surface area (Å²) in [6, 6.07) is 16.5. The topological polar surface area (TPSA) is 97.0 Å². The Kier molecular flexibility index (Phi) is 12.4. The summed E-state index contributed by atoms with van der Waals surface area (Å²) in [6.45, 7) is 6.21. The van der Waals surface area contributed by atoms with Gasteiger partial charge < -0.3 is 25.6 Å². The number of hydrogen-bond donors (Lipinski definition) is 3. The highest BCUT2D eigenvalue weighted by Gasteiger charge is 2.49. The number of alkyl halides is 5. The van der Waals surface area contributed by atoms with E-state index in [9.17, 15) is 31.1 Å². The number of likely N-dealkylation sites (tertiary alicyclic amines) is 1. The molecule has 1 atom stereocenters. The highest BCUT2D eigenvalue weighted by Crippen LogP contribution is 2.45. The van der Waals surface area contributed by atoms with E-state index in [1.807, 2.05) is 53.4 Å². The van der Waals surface area contributed by atoms with Crippen molar-refractivity contribution in [2.75, 3.05) is 32.6 Å². The van der Waals surface area contributed by atoms with Gasteiger partial charge in [-0.1, -0.05) is 49.0 Å². The molecule has 2 aliphatic rings. The summed E-state index contributed by atoms with van der Waals surface area (Å²) >= 11 is 0. The highest BCUT2D eigenvalue weighted by atomic mass is 19.4. The van der Waals surface area contributed by atoms with E-state index in [0.29, 0.717) is 56.0 Å². The molecule has 0 amide bonds. The van der Waals surface area contributed by atoms with E-state index < -0.39 is 35.8 Å². The Hall–Kier alpha value is -4.91. The molecule has 1 aliphatic heterocycles. The Balaban J connectivity index is 0.000000239. The standard InChI is InChI=1S/C27H29F2NO4.C14H16F4N2/c1-33-23-11-9-19(17-30-15-13-27(28,29)14-16-30)26(34-2)25(23)22-8-4-6-20-18(10-12-24(31)32)5-3-7-21(20)22;1-7-5-10(6-11(15)12(7)8(2)19)20-13(9-3-4-9)14(16,17)18/h3-9,11H,10,12-17H2,1-2H3,(H,31,32);5-6,9,13,20H,2-4,19H2,1H3. The van der Waals surface area contributed by atoms with Crippen molar-refractivity contribution < 1.29 is 45.7 Å². The van der Waals surface area contributed by atoms with E-state index in [1.54, 1.807) is 21.1 Å². The van der Waals surface area contributed by atoms with Gasteiger partial charge in [0.05, 0.1) is 19.8 Å². The minimum Gasteiger partial charge on any atom is -0.496 e. The van der Waals surface area contributed by atoms with Crippen LogP contribution in [0.15, 0.2) is 67.2 Å². The molecule has 2 fully saturated rings. The maximum Gasteiger partial charge on any atom is 0.408 e. The van der Waals surface area contributed by atoms with Crippen molar-refractivity contribution in [3.63, 3.8) is 0 Å². The molecule has 1 heterocycles. The number of fused-ring (bicyclic) bond motifs is 1. The minimum atomic E-state index is -4.35. The van der Waals surface area contributed by atoms with Gasteiger partial charge in [-0.2, -0.15) is 13.2 Å². The largest absolute Gasteiger partial charge is 0.496 e. The van der Waals surface area contributed by atoms with Crippen LogP contribution in [0.2, 0.25) is 0 Å². The van der Waals surface area contributed by atoms with E-state index >= 15 is 0 Å². The zero-order valence-corrected chi connectivity index (χ0v) is 30.5. The zero-order valence-electron chi connectivity index (χ0n) is 30.5. The third-order valence-electron chi connectivity index (χ3n) is 9.87. The number of carboxylic acids is 1. The van der Waals surface area contributed by atoms with Gasteiger partial charge in [0, 0.05) is 61.4 Å². The number of carbonyl (C=O) groups is 1. The molecule has 0 bridgehead atoms. The Morgan fingerprint density at radius 2 is 1.69 bits per heavy atom. The Bertz CT molecular complexity index is 1960. The fraction of sp³-hybridized carbons (Fsp3) is 0.390. The number of aliphatic carboxylic acids is 1. The molecule has 7 nitrogen and oxygen atoms in total. The second-order valence-corrected chi connectivity index (χ2v) is 13.9. The van der Waals surface area contributed by atoms with Crippen LogP contribution in [-0.2, 0) is 17.8 Å². The van der Waals surface area contributed by atoms with Gasteiger partial charge in [0.1, 0.15) is 23.4 Å². The molecule has 13 heteroatoms. The predicted octanol–water partition coefficient (Wildman–Crippen LogP) is 9.59. The van der Waals surface area contributed by atoms with Crippen molar-refractivity contribution in [1.29, 1.82) is 0 Å². The van der Waals surface area contributed by atoms with E-state index in [2.05, 4.69) is 11.9 Å². The van der Waals surface area contributed by atoms with Crippen LogP contribution in [0.5, 0.6) is 11.5 Å². The predicted molar refractivity (Wildman–Crippen MR) is 198 cm³/mol. The third-order valence-corrected chi connectivity index (χ3v) is 9.87. The second kappa shape index (κ2) is 16.6. The summed E-state index contributed by atoms with van der Waals surface area (Å²) in [5.41, 5.74) is 9.80. The SMILES string of the molecule is C=C(N)c1c(C)cc(NC(C2CC2)C(F)(F)F)cc1F.COc1ccc(CN2CCC(F)(F)CC2)c(OC)c1-c1cccc2c(CCC(=O)O)cccc12. The van der Waals surface area contributed by atoms with Gasteiger partial charge in [0.15, 0.2) is 0 Å². The van der Waals surface area contributed by atoms with E-state index in [-0.39, 0.29) is 36.2 Å². The van der Waals surface area contributed by atoms with Crippen LogP contribution in [0.3, 0.4) is 0 Å². The Labute approximate surface area is 310 Å². The Morgan fingerprint density at radius 1 is 1.02 bits per heavy atom. The number of nitrogens with two attached hydrogens (primary N) is 1. The first-order valence-electron chi connectivity index (χ1n) is 17.7. The molecule has 0 spiro atoms. The number of ether oxygens (including phenoxy) is 2. The maximum absolute atomic E-state index is 13.9. The van der Waals surface area contributed by atoms with Gasteiger partial charge in [0.2, 0.25) is 0 Å². The molecule has 0 aromatic heterocycles. The second-order valence-electron chi connectivity index (χ2n) is 13.9. The van der Waals surface area contributed by atoms with Crippen molar-refractivity contribution in [3.8, 4) is 22.6 Å². The molecule has 1 saturated heterocycles. The van der Waals surface area contributed by atoms with Gasteiger partial charge in [-0.15, -0.1) is 0 Å². The minimum absolute atomic E-state index is 0.0559. The number of piperidine rings is 1. The number of hydrogen-bond acceptors (Lipinski definition) is 6. The maximum atomic E-state index is 13.9. The lowest BCUT2D eigenvalue weighted by Crippen LogP contribution is -2.38. The summed E-state index contributed by atoms with van der Waals surface area (Å²) in [5.74, 6) is -3.22. The van der Waals surface area contributed by atoms with E-state index in [1.165, 1.54) is 6.07 Å². The average molecular weight is 758 g/mol. The number of anilines is 1. The number of rotatable bonds is 12. The number of carboxylic acid groups (broad SMARTS) is 1. The molecule has 290 valence electrons. The normalized spacial score (nSPS) is 16.2. The van der Waals surface area contributed by atoms with Crippen LogP contribution in [-0.4, -0.2) is 61.4 Å². The summed E-state index contributed by atoms with van der Waals surface area (Å²) in [5, 5.41) is 13.5. The number of nitrogens with zero attached hydrogens (tertiary/aromatic N) is 1. The number of aryl methyl sites for hydroxylation is 2. The summed E-state index contributed by atoms with van der Waals surface area (Å²) in [6.07, 6.45) is -3.06. The van der Waals surface area contributed by atoms with Gasteiger partial charge in [-0.05, 0) is 77.8 Å². The number of benzene rings is 4. The Morgan fingerprint density at radius 3 is 2.26 bits per heavy atom. The highest BCUT2D eigenvalue weighted by molar-refractivity contribution is 6.01. The lowest BCUT2D eigenvalue weighted by molar-refractivity contribution is -0.146. The number of nitrogens with one attached hydrogen (secondary N) is 1. The first-order valence-corrected chi connectivity index (χ1v) is 17.7. The monoisotopic (exact) mass is 757 g/mol. The van der Waals surface area contributed by atoms with Crippen LogP contribution in [0.4, 0.5) is 32.0 Å². The van der Waals surface area contributed by atoms with Gasteiger partial charge in [-0.3, -0.25) is 9.69 Å². The molecular formula is C41H45F6N3O4. The van der Waals surface area contributed by atoms with Crippen molar-refractivity contribution in [2.24, 2.45) is 11.7 Å².